The van der Waals surface area contributed by atoms with Gasteiger partial charge >= 0.3 is 5.97 Å². The molecule has 0 heterocycles. The van der Waals surface area contributed by atoms with E-state index in [-0.39, 0.29) is 17.7 Å². The van der Waals surface area contributed by atoms with E-state index >= 15 is 0 Å². The predicted octanol–water partition coefficient (Wildman–Crippen LogP) is 4.12. The summed E-state index contributed by atoms with van der Waals surface area (Å²) < 4.78 is 4.41. The lowest BCUT2D eigenvalue weighted by molar-refractivity contribution is -0.146. The summed E-state index contributed by atoms with van der Waals surface area (Å²) in [7, 11) is 0. The van der Waals surface area contributed by atoms with Crippen LogP contribution < -0.4 is 0 Å². The summed E-state index contributed by atoms with van der Waals surface area (Å²) in [5.41, 5.74) is 0.930. The van der Waals surface area contributed by atoms with Crippen LogP contribution in [0.3, 0.4) is 0 Å². The van der Waals surface area contributed by atoms with Crippen LogP contribution in [0, 0.1) is 0 Å². The van der Waals surface area contributed by atoms with Gasteiger partial charge in [-0.05, 0) is 18.9 Å². The number of hydrogen-bond donors (Lipinski definition) is 0. The maximum absolute atomic E-state index is 12.3. The summed E-state index contributed by atoms with van der Waals surface area (Å²) in [5.74, 6) is -0.386. The summed E-state index contributed by atoms with van der Waals surface area (Å²) in [6, 6.07) is 9.51. The van der Waals surface area contributed by atoms with Crippen molar-refractivity contribution >= 4 is 22.8 Å². The Morgan fingerprint density at radius 3 is 2.48 bits per heavy atom. The van der Waals surface area contributed by atoms with E-state index in [1.54, 1.807) is 19.9 Å². The van der Waals surface area contributed by atoms with Crippen molar-refractivity contribution in [3.63, 3.8) is 0 Å². The highest BCUT2D eigenvalue weighted by molar-refractivity contribution is 8.15. The zero-order valence-corrected chi connectivity index (χ0v) is 13.6. The van der Waals surface area contributed by atoms with E-state index in [1.807, 2.05) is 43.3 Å². The van der Waals surface area contributed by atoms with Crippen LogP contribution in [0.15, 0.2) is 42.5 Å². The summed E-state index contributed by atoms with van der Waals surface area (Å²) >= 11 is 1.03. The molecule has 0 aliphatic heterocycles. The lowest BCUT2D eigenvalue weighted by Gasteiger charge is -2.22. The van der Waals surface area contributed by atoms with Gasteiger partial charge in [-0.15, -0.1) is 0 Å². The molecule has 0 saturated carbocycles. The molecule has 0 spiro atoms. The van der Waals surface area contributed by atoms with Crippen molar-refractivity contribution in [1.29, 1.82) is 0 Å². The maximum Gasteiger partial charge on any atom is 0.326 e. The second-order valence-corrected chi connectivity index (χ2v) is 6.31. The average Bonchev–Trinajstić information content (AvgIpc) is 2.51. The normalized spacial score (nSPS) is 13.9. The van der Waals surface area contributed by atoms with Crippen LogP contribution >= 0.6 is 11.8 Å². The Morgan fingerprint density at radius 1 is 1.24 bits per heavy atom. The summed E-state index contributed by atoms with van der Waals surface area (Å²) in [4.78, 5) is 24.0. The number of rotatable bonds is 7. The highest BCUT2D eigenvalue weighted by atomic mass is 32.2. The lowest BCUT2D eigenvalue weighted by Crippen LogP contribution is -2.32. The van der Waals surface area contributed by atoms with Gasteiger partial charge in [-0.3, -0.25) is 9.59 Å². The van der Waals surface area contributed by atoms with Gasteiger partial charge in [-0.2, -0.15) is 0 Å². The second kappa shape index (κ2) is 8.67. The Balaban J connectivity index is 2.75. The average molecular weight is 306 g/mol. The molecule has 0 aliphatic carbocycles. The van der Waals surface area contributed by atoms with Gasteiger partial charge in [0.25, 0.3) is 0 Å². The molecule has 3 nitrogen and oxygen atoms in total. The zero-order chi connectivity index (χ0) is 15.7. The van der Waals surface area contributed by atoms with Gasteiger partial charge in [-0.1, -0.05) is 68.1 Å². The van der Waals surface area contributed by atoms with E-state index in [0.717, 1.165) is 23.7 Å². The fraction of sp³-hybridized carbons (Fsp3) is 0.412. The topological polar surface area (TPSA) is 43.4 Å². The number of carbonyl (C=O) groups is 2. The summed E-state index contributed by atoms with van der Waals surface area (Å²) in [5, 5.41) is -0.0186. The van der Waals surface area contributed by atoms with Crippen LogP contribution in [0.25, 0.3) is 0 Å². The first-order chi connectivity index (χ1) is 10.0. The fourth-order valence-corrected chi connectivity index (χ4v) is 2.59. The molecule has 1 rings (SSSR count). The van der Waals surface area contributed by atoms with Gasteiger partial charge in [0.2, 0.25) is 0 Å². The molecule has 0 aliphatic rings. The maximum atomic E-state index is 12.3. The van der Waals surface area contributed by atoms with E-state index in [4.69, 9.17) is 4.74 Å². The molecule has 0 amide bonds. The van der Waals surface area contributed by atoms with Crippen molar-refractivity contribution < 1.29 is 14.3 Å². The van der Waals surface area contributed by atoms with Crippen LogP contribution in [0.5, 0.6) is 0 Å². The summed E-state index contributed by atoms with van der Waals surface area (Å²) in [6.45, 7) is 5.72. The second-order valence-electron chi connectivity index (χ2n) is 4.81. The number of esters is 1. The van der Waals surface area contributed by atoms with E-state index in [2.05, 4.69) is 0 Å². The van der Waals surface area contributed by atoms with Gasteiger partial charge in [0, 0.05) is 6.42 Å². The van der Waals surface area contributed by atoms with Crippen molar-refractivity contribution in [3.05, 3.63) is 48.0 Å². The molecular formula is C17H22O3S. The van der Waals surface area contributed by atoms with Crippen LogP contribution in [0.2, 0.25) is 0 Å². The van der Waals surface area contributed by atoms with Crippen molar-refractivity contribution in [3.8, 4) is 0 Å². The SMILES string of the molecule is CC/C=C/[C@@](C)(SC(=O)CC)C(=O)OCc1ccccc1. The van der Waals surface area contributed by atoms with Gasteiger partial charge < -0.3 is 4.74 Å². The van der Waals surface area contributed by atoms with Crippen molar-refractivity contribution in [2.75, 3.05) is 0 Å². The first-order valence-electron chi connectivity index (χ1n) is 7.12. The number of carbonyl (C=O) groups excluding carboxylic acids is 2. The van der Waals surface area contributed by atoms with Crippen LogP contribution in [0.4, 0.5) is 0 Å². The largest absolute Gasteiger partial charge is 0.460 e. The number of ether oxygens (including phenoxy) is 1. The number of benzene rings is 1. The van der Waals surface area contributed by atoms with Gasteiger partial charge in [0.15, 0.2) is 5.12 Å². The molecule has 0 bridgehead atoms. The highest BCUT2D eigenvalue weighted by Crippen LogP contribution is 2.30. The molecular weight excluding hydrogens is 284 g/mol. The molecule has 114 valence electrons. The Kier molecular flexibility index (Phi) is 7.23. The van der Waals surface area contributed by atoms with Crippen LogP contribution in [0.1, 0.15) is 39.2 Å². The molecule has 4 heteroatoms. The Labute approximate surface area is 130 Å². The van der Waals surface area contributed by atoms with Crippen molar-refractivity contribution in [2.45, 2.75) is 45.0 Å². The Morgan fingerprint density at radius 2 is 1.90 bits per heavy atom. The number of hydrogen-bond acceptors (Lipinski definition) is 4. The number of thioether (sulfide) groups is 1. The van der Waals surface area contributed by atoms with Crippen LogP contribution in [-0.2, 0) is 20.9 Å². The van der Waals surface area contributed by atoms with Gasteiger partial charge in [-0.25, -0.2) is 0 Å². The molecule has 0 unspecified atom stereocenters. The quantitative estimate of drug-likeness (QED) is 0.561. The minimum absolute atomic E-state index is 0.0186. The lowest BCUT2D eigenvalue weighted by atomic mass is 10.1. The van der Waals surface area contributed by atoms with E-state index in [0.29, 0.717) is 6.42 Å². The fourth-order valence-electron chi connectivity index (χ4n) is 1.66. The monoisotopic (exact) mass is 306 g/mol. The predicted molar refractivity (Wildman–Crippen MR) is 87.0 cm³/mol. The van der Waals surface area contributed by atoms with Gasteiger partial charge in [0.1, 0.15) is 11.4 Å². The van der Waals surface area contributed by atoms with E-state index < -0.39 is 4.75 Å². The van der Waals surface area contributed by atoms with Crippen LogP contribution in [-0.4, -0.2) is 15.8 Å². The Bertz CT molecular complexity index is 496. The third-order valence-electron chi connectivity index (χ3n) is 2.90. The van der Waals surface area contributed by atoms with Gasteiger partial charge in [0.05, 0.1) is 0 Å². The third kappa shape index (κ3) is 5.76. The Hall–Kier alpha value is -1.55. The highest BCUT2D eigenvalue weighted by Gasteiger charge is 2.35. The molecule has 0 fully saturated rings. The minimum atomic E-state index is -0.960. The number of allylic oxidation sites excluding steroid dienone is 1. The standard InChI is InChI=1S/C17H22O3S/c1-4-6-12-17(3,21-15(18)5-2)16(19)20-13-14-10-8-7-9-11-14/h6-12H,4-5,13H2,1-3H3/b12-6+/t17-/m1/s1. The zero-order valence-electron chi connectivity index (χ0n) is 12.8. The van der Waals surface area contributed by atoms with Crippen molar-refractivity contribution in [1.82, 2.24) is 0 Å². The van der Waals surface area contributed by atoms with E-state index in [1.165, 1.54) is 0 Å². The smallest absolute Gasteiger partial charge is 0.326 e. The summed E-state index contributed by atoms with van der Waals surface area (Å²) in [6.07, 6.45) is 4.85. The molecule has 0 N–H and O–H groups in total. The minimum Gasteiger partial charge on any atom is -0.460 e. The van der Waals surface area contributed by atoms with E-state index in [9.17, 15) is 9.59 Å². The van der Waals surface area contributed by atoms with Crippen molar-refractivity contribution in [2.24, 2.45) is 0 Å². The molecule has 21 heavy (non-hydrogen) atoms. The molecule has 1 aromatic carbocycles. The molecule has 0 aromatic heterocycles. The first kappa shape index (κ1) is 17.5. The molecule has 0 radical (unpaired) electrons. The molecule has 1 atom stereocenters. The third-order valence-corrected chi connectivity index (χ3v) is 4.15. The first-order valence-corrected chi connectivity index (χ1v) is 7.94. The molecule has 0 saturated heterocycles. The molecule has 1 aromatic rings.